The standard InChI is InChI=1S/C34H43N5O4S/c1-5-26-12-15-28(16-13-26)44(40,41)39-22-20-38(21-23-39)25(4)33-36-30-11-9-8-10-29(30)34(37-33)35-19-18-27-14-17-31(42-6-2)32(24-27)43-7-3/h8-17,24-25H,5-7,18-23H2,1-4H3,(H,35,36,37)/t25-/m0/s1. The number of rotatable bonds is 13. The molecule has 2 heterocycles. The summed E-state index contributed by atoms with van der Waals surface area (Å²) < 4.78 is 39.7. The minimum absolute atomic E-state index is 0.0753. The second-order valence-electron chi connectivity index (χ2n) is 10.9. The first-order chi connectivity index (χ1) is 21.3. The number of aryl methyl sites for hydroxylation is 1. The van der Waals surface area contributed by atoms with Crippen molar-refractivity contribution in [3.63, 3.8) is 0 Å². The zero-order chi connectivity index (χ0) is 31.1. The minimum Gasteiger partial charge on any atom is -0.490 e. The Morgan fingerprint density at radius 2 is 1.52 bits per heavy atom. The van der Waals surface area contributed by atoms with Crippen molar-refractivity contribution in [3.8, 4) is 11.5 Å². The fourth-order valence-corrected chi connectivity index (χ4v) is 6.96. The van der Waals surface area contributed by atoms with Gasteiger partial charge in [-0.1, -0.05) is 37.3 Å². The molecule has 0 amide bonds. The SMILES string of the molecule is CCOc1ccc(CCNc2nc([C@H](C)N3CCN(S(=O)(=O)c4ccc(CC)cc4)CC3)nc3ccccc23)cc1OCC. The van der Waals surface area contributed by atoms with Crippen molar-refractivity contribution in [2.24, 2.45) is 0 Å². The summed E-state index contributed by atoms with van der Waals surface area (Å²) in [6.07, 6.45) is 1.66. The highest BCUT2D eigenvalue weighted by Gasteiger charge is 2.31. The van der Waals surface area contributed by atoms with Gasteiger partial charge in [0.1, 0.15) is 11.6 Å². The van der Waals surface area contributed by atoms with Gasteiger partial charge in [-0.15, -0.1) is 0 Å². The number of anilines is 1. The lowest BCUT2D eigenvalue weighted by Crippen LogP contribution is -2.49. The summed E-state index contributed by atoms with van der Waals surface area (Å²) in [5.41, 5.74) is 3.15. The van der Waals surface area contributed by atoms with Crippen LogP contribution in [0.1, 0.15) is 50.7 Å². The lowest BCUT2D eigenvalue weighted by molar-refractivity contribution is 0.141. The molecule has 4 aromatic rings. The van der Waals surface area contributed by atoms with E-state index in [-0.39, 0.29) is 6.04 Å². The van der Waals surface area contributed by atoms with E-state index in [0.29, 0.717) is 50.8 Å². The lowest BCUT2D eigenvalue weighted by Gasteiger charge is -2.37. The van der Waals surface area contributed by atoms with Crippen molar-refractivity contribution in [2.45, 2.75) is 51.5 Å². The van der Waals surface area contributed by atoms with Crippen LogP contribution in [0.5, 0.6) is 11.5 Å². The Hall–Kier alpha value is -3.73. The molecule has 5 rings (SSSR count). The Labute approximate surface area is 261 Å². The van der Waals surface area contributed by atoms with Crippen LogP contribution in [-0.4, -0.2) is 73.5 Å². The number of para-hydroxylation sites is 1. The summed E-state index contributed by atoms with van der Waals surface area (Å²) >= 11 is 0. The maximum Gasteiger partial charge on any atom is 0.243 e. The van der Waals surface area contributed by atoms with Gasteiger partial charge in [0.15, 0.2) is 11.5 Å². The van der Waals surface area contributed by atoms with Crippen LogP contribution in [0, 0.1) is 0 Å². The van der Waals surface area contributed by atoms with Crippen LogP contribution in [-0.2, 0) is 22.9 Å². The van der Waals surface area contributed by atoms with Gasteiger partial charge in [-0.3, -0.25) is 4.90 Å². The Balaban J connectivity index is 1.27. The number of benzene rings is 3. The van der Waals surface area contributed by atoms with Crippen LogP contribution < -0.4 is 14.8 Å². The average molecular weight is 618 g/mol. The molecule has 234 valence electrons. The Kier molecular flexibility index (Phi) is 10.3. The molecule has 3 aromatic carbocycles. The molecule has 0 spiro atoms. The highest BCUT2D eigenvalue weighted by molar-refractivity contribution is 7.89. The average Bonchev–Trinajstić information content (AvgIpc) is 3.05. The first-order valence-corrected chi connectivity index (χ1v) is 17.0. The monoisotopic (exact) mass is 617 g/mol. The van der Waals surface area contributed by atoms with Gasteiger partial charge in [-0.2, -0.15) is 4.31 Å². The molecule has 10 heteroatoms. The maximum atomic E-state index is 13.3. The van der Waals surface area contributed by atoms with E-state index >= 15 is 0 Å². The molecular weight excluding hydrogens is 574 g/mol. The Morgan fingerprint density at radius 1 is 0.841 bits per heavy atom. The van der Waals surface area contributed by atoms with Gasteiger partial charge in [0.25, 0.3) is 0 Å². The van der Waals surface area contributed by atoms with E-state index in [2.05, 4.69) is 30.1 Å². The van der Waals surface area contributed by atoms with Crippen LogP contribution in [0.15, 0.2) is 71.6 Å². The zero-order valence-electron chi connectivity index (χ0n) is 26.1. The number of nitrogens with zero attached hydrogens (tertiary/aromatic N) is 4. The van der Waals surface area contributed by atoms with Gasteiger partial charge in [0.05, 0.1) is 29.7 Å². The number of piperazine rings is 1. The topological polar surface area (TPSA) is 96.9 Å². The van der Waals surface area contributed by atoms with E-state index in [1.165, 1.54) is 0 Å². The van der Waals surface area contributed by atoms with Crippen LogP contribution in [0.4, 0.5) is 5.82 Å². The summed E-state index contributed by atoms with van der Waals surface area (Å²) in [5, 5.41) is 4.52. The highest BCUT2D eigenvalue weighted by atomic mass is 32.2. The molecule has 9 nitrogen and oxygen atoms in total. The fourth-order valence-electron chi connectivity index (χ4n) is 5.53. The van der Waals surface area contributed by atoms with Crippen molar-refractivity contribution < 1.29 is 17.9 Å². The van der Waals surface area contributed by atoms with Crippen LogP contribution in [0.2, 0.25) is 0 Å². The van der Waals surface area contributed by atoms with E-state index in [1.807, 2.05) is 62.4 Å². The van der Waals surface area contributed by atoms with Gasteiger partial charge in [-0.05, 0) is 81.1 Å². The van der Waals surface area contributed by atoms with E-state index in [9.17, 15) is 8.42 Å². The van der Waals surface area contributed by atoms with Crippen LogP contribution in [0.3, 0.4) is 0 Å². The molecule has 1 saturated heterocycles. The van der Waals surface area contributed by atoms with Crippen molar-refractivity contribution in [1.82, 2.24) is 19.2 Å². The van der Waals surface area contributed by atoms with Crippen LogP contribution >= 0.6 is 0 Å². The smallest absolute Gasteiger partial charge is 0.243 e. The summed E-state index contributed by atoms with van der Waals surface area (Å²) in [7, 11) is -3.53. The first kappa shape index (κ1) is 31.7. The lowest BCUT2D eigenvalue weighted by atomic mass is 10.1. The molecule has 44 heavy (non-hydrogen) atoms. The highest BCUT2D eigenvalue weighted by Crippen LogP contribution is 2.30. The molecule has 1 atom stereocenters. The number of aromatic nitrogens is 2. The molecule has 0 aliphatic carbocycles. The third kappa shape index (κ3) is 7.14. The molecule has 1 aromatic heterocycles. The fraction of sp³-hybridized carbons (Fsp3) is 0.412. The first-order valence-electron chi connectivity index (χ1n) is 15.6. The molecular formula is C34H43N5O4S. The predicted octanol–water partition coefficient (Wildman–Crippen LogP) is 5.71. The van der Waals surface area contributed by atoms with Crippen molar-refractivity contribution >= 4 is 26.7 Å². The van der Waals surface area contributed by atoms with E-state index in [4.69, 9.17) is 19.4 Å². The third-order valence-corrected chi connectivity index (χ3v) is 10.0. The summed E-state index contributed by atoms with van der Waals surface area (Å²) in [5.74, 6) is 3.04. The second-order valence-corrected chi connectivity index (χ2v) is 12.8. The number of ether oxygens (including phenoxy) is 2. The third-order valence-electron chi connectivity index (χ3n) is 8.10. The number of nitrogens with one attached hydrogen (secondary N) is 1. The van der Waals surface area contributed by atoms with Crippen molar-refractivity contribution in [2.75, 3.05) is 51.3 Å². The largest absolute Gasteiger partial charge is 0.490 e. The predicted molar refractivity (Wildman–Crippen MR) is 175 cm³/mol. The van der Waals surface area contributed by atoms with E-state index in [0.717, 1.165) is 58.0 Å². The number of hydrogen-bond donors (Lipinski definition) is 1. The molecule has 0 unspecified atom stereocenters. The van der Waals surface area contributed by atoms with Crippen molar-refractivity contribution in [3.05, 3.63) is 83.7 Å². The molecule has 1 N–H and O–H groups in total. The number of hydrogen-bond acceptors (Lipinski definition) is 8. The molecule has 1 fully saturated rings. The van der Waals surface area contributed by atoms with E-state index in [1.54, 1.807) is 16.4 Å². The van der Waals surface area contributed by atoms with Gasteiger partial charge < -0.3 is 14.8 Å². The summed E-state index contributed by atoms with van der Waals surface area (Å²) in [6.45, 7) is 12.0. The van der Waals surface area contributed by atoms with Crippen LogP contribution in [0.25, 0.3) is 10.9 Å². The second kappa shape index (κ2) is 14.4. The number of fused-ring (bicyclic) bond motifs is 1. The molecule has 1 aliphatic rings. The maximum absolute atomic E-state index is 13.3. The molecule has 1 aliphatic heterocycles. The summed E-state index contributed by atoms with van der Waals surface area (Å²) in [6, 6.07) is 21.3. The normalized spacial score (nSPS) is 15.3. The van der Waals surface area contributed by atoms with Gasteiger partial charge in [0, 0.05) is 38.1 Å². The quantitative estimate of drug-likeness (QED) is 0.204. The zero-order valence-corrected chi connectivity index (χ0v) is 26.9. The molecule has 0 bridgehead atoms. The molecule has 0 saturated carbocycles. The Morgan fingerprint density at radius 3 is 2.23 bits per heavy atom. The van der Waals surface area contributed by atoms with Gasteiger partial charge in [0.2, 0.25) is 10.0 Å². The van der Waals surface area contributed by atoms with E-state index < -0.39 is 10.0 Å². The van der Waals surface area contributed by atoms with Gasteiger partial charge in [-0.25, -0.2) is 18.4 Å². The van der Waals surface area contributed by atoms with Crippen molar-refractivity contribution in [1.29, 1.82) is 0 Å². The molecule has 0 radical (unpaired) electrons. The Bertz CT molecular complexity index is 1650. The minimum atomic E-state index is -3.53. The summed E-state index contributed by atoms with van der Waals surface area (Å²) in [4.78, 5) is 12.5. The van der Waals surface area contributed by atoms with Gasteiger partial charge >= 0.3 is 0 Å². The number of sulfonamides is 1.